The van der Waals surface area contributed by atoms with Crippen LogP contribution in [0.5, 0.6) is 0 Å². The maximum atomic E-state index is 13.2. The van der Waals surface area contributed by atoms with Crippen LogP contribution in [0.4, 0.5) is 4.79 Å². The SMILES string of the molecule is CC1CC(C)(C)CC2(C1)NC(=O)N(CC(=O)NCc1ccc(COCc3ccccc3)cc1)C2=O. The Bertz CT molecular complexity index is 1070. The van der Waals surface area contributed by atoms with Crippen LogP contribution in [0.3, 0.4) is 0 Å². The van der Waals surface area contributed by atoms with Crippen LogP contribution in [0, 0.1) is 11.3 Å². The highest BCUT2D eigenvalue weighted by Crippen LogP contribution is 2.46. The fourth-order valence-electron chi connectivity index (χ4n) is 5.66. The second kappa shape index (κ2) is 10.2. The molecule has 1 aliphatic carbocycles. The first kappa shape index (κ1) is 24.9. The van der Waals surface area contributed by atoms with Gasteiger partial charge in [-0.15, -0.1) is 0 Å². The molecular formula is C28H35N3O4. The van der Waals surface area contributed by atoms with Crippen LogP contribution in [-0.4, -0.2) is 34.8 Å². The van der Waals surface area contributed by atoms with Crippen LogP contribution in [-0.2, 0) is 34.1 Å². The topological polar surface area (TPSA) is 87.7 Å². The minimum Gasteiger partial charge on any atom is -0.372 e. The van der Waals surface area contributed by atoms with Gasteiger partial charge in [0.05, 0.1) is 13.2 Å². The Balaban J connectivity index is 1.25. The summed E-state index contributed by atoms with van der Waals surface area (Å²) in [7, 11) is 0. The number of nitrogens with one attached hydrogen (secondary N) is 2. The molecule has 2 aliphatic rings. The van der Waals surface area contributed by atoms with Crippen molar-refractivity contribution >= 4 is 17.8 Å². The van der Waals surface area contributed by atoms with Crippen molar-refractivity contribution in [1.29, 1.82) is 0 Å². The van der Waals surface area contributed by atoms with Crippen molar-refractivity contribution in [3.63, 3.8) is 0 Å². The lowest BCUT2D eigenvalue weighted by molar-refractivity contribution is -0.137. The number of carbonyl (C=O) groups is 3. The Hall–Kier alpha value is -3.19. The molecule has 7 nitrogen and oxygen atoms in total. The number of hydrogen-bond donors (Lipinski definition) is 2. The molecule has 2 aromatic rings. The van der Waals surface area contributed by atoms with Gasteiger partial charge in [-0.2, -0.15) is 0 Å². The minimum atomic E-state index is -0.892. The molecular weight excluding hydrogens is 442 g/mol. The van der Waals surface area contributed by atoms with Crippen molar-refractivity contribution in [1.82, 2.24) is 15.5 Å². The van der Waals surface area contributed by atoms with Gasteiger partial charge >= 0.3 is 6.03 Å². The fraction of sp³-hybridized carbons (Fsp3) is 0.464. The monoisotopic (exact) mass is 477 g/mol. The van der Waals surface area contributed by atoms with Crippen molar-refractivity contribution in [3.8, 4) is 0 Å². The molecule has 2 atom stereocenters. The van der Waals surface area contributed by atoms with E-state index < -0.39 is 11.6 Å². The zero-order chi connectivity index (χ0) is 25.1. The molecule has 2 fully saturated rings. The fourth-order valence-corrected chi connectivity index (χ4v) is 5.66. The number of carbonyl (C=O) groups excluding carboxylic acids is 3. The smallest absolute Gasteiger partial charge is 0.325 e. The lowest BCUT2D eigenvalue weighted by Gasteiger charge is -2.43. The number of benzene rings is 2. The molecule has 4 amide bonds. The van der Waals surface area contributed by atoms with Gasteiger partial charge in [0.15, 0.2) is 0 Å². The number of urea groups is 1. The molecule has 1 saturated carbocycles. The van der Waals surface area contributed by atoms with Crippen LogP contribution in [0.25, 0.3) is 0 Å². The van der Waals surface area contributed by atoms with Crippen LogP contribution in [0.2, 0.25) is 0 Å². The number of hydrogen-bond acceptors (Lipinski definition) is 4. The van der Waals surface area contributed by atoms with E-state index in [-0.39, 0.29) is 23.8 Å². The summed E-state index contributed by atoms with van der Waals surface area (Å²) in [6, 6.07) is 17.4. The average molecular weight is 478 g/mol. The predicted molar refractivity (Wildman–Crippen MR) is 133 cm³/mol. The first-order valence-electron chi connectivity index (χ1n) is 12.3. The van der Waals surface area contributed by atoms with Gasteiger partial charge in [0.1, 0.15) is 12.1 Å². The van der Waals surface area contributed by atoms with E-state index in [1.807, 2.05) is 54.6 Å². The van der Waals surface area contributed by atoms with Gasteiger partial charge in [0.25, 0.3) is 5.91 Å². The van der Waals surface area contributed by atoms with Crippen molar-refractivity contribution in [2.24, 2.45) is 11.3 Å². The molecule has 35 heavy (non-hydrogen) atoms. The Morgan fingerprint density at radius 2 is 1.63 bits per heavy atom. The van der Waals surface area contributed by atoms with Gasteiger partial charge in [-0.05, 0) is 47.3 Å². The molecule has 0 radical (unpaired) electrons. The number of nitrogens with zero attached hydrogens (tertiary/aromatic N) is 1. The zero-order valence-corrected chi connectivity index (χ0v) is 20.8. The third kappa shape index (κ3) is 6.09. The molecule has 0 aromatic heterocycles. The van der Waals surface area contributed by atoms with Crippen LogP contribution in [0.1, 0.15) is 56.7 Å². The van der Waals surface area contributed by atoms with E-state index in [1.165, 1.54) is 0 Å². The maximum Gasteiger partial charge on any atom is 0.325 e. The van der Waals surface area contributed by atoms with E-state index in [0.717, 1.165) is 28.0 Å². The summed E-state index contributed by atoms with van der Waals surface area (Å²) in [5.74, 6) is -0.315. The maximum absolute atomic E-state index is 13.2. The quantitative estimate of drug-likeness (QED) is 0.559. The molecule has 4 rings (SSSR count). The molecule has 7 heteroatoms. The van der Waals surface area contributed by atoms with Gasteiger partial charge < -0.3 is 15.4 Å². The third-order valence-electron chi connectivity index (χ3n) is 6.82. The third-order valence-corrected chi connectivity index (χ3v) is 6.82. The zero-order valence-electron chi connectivity index (χ0n) is 20.8. The van der Waals surface area contributed by atoms with E-state index in [9.17, 15) is 14.4 Å². The Morgan fingerprint density at radius 3 is 2.29 bits per heavy atom. The molecule has 1 aliphatic heterocycles. The van der Waals surface area contributed by atoms with Gasteiger partial charge in [0, 0.05) is 6.54 Å². The second-order valence-electron chi connectivity index (χ2n) is 10.8. The number of rotatable bonds is 8. The van der Waals surface area contributed by atoms with Crippen LogP contribution in [0.15, 0.2) is 54.6 Å². The van der Waals surface area contributed by atoms with E-state index in [1.54, 1.807) is 0 Å². The summed E-state index contributed by atoms with van der Waals surface area (Å²) >= 11 is 0. The highest BCUT2D eigenvalue weighted by molar-refractivity contribution is 6.09. The number of imide groups is 1. The largest absolute Gasteiger partial charge is 0.372 e. The summed E-state index contributed by atoms with van der Waals surface area (Å²) in [5.41, 5.74) is 2.17. The average Bonchev–Trinajstić information content (AvgIpc) is 3.01. The van der Waals surface area contributed by atoms with E-state index in [0.29, 0.717) is 38.5 Å². The molecule has 0 bridgehead atoms. The number of amides is 4. The summed E-state index contributed by atoms with van der Waals surface area (Å²) in [4.78, 5) is 39.4. The number of ether oxygens (including phenoxy) is 1. The minimum absolute atomic E-state index is 0.0440. The van der Waals surface area contributed by atoms with Gasteiger partial charge in [-0.3, -0.25) is 14.5 Å². The van der Waals surface area contributed by atoms with E-state index in [4.69, 9.17) is 4.74 Å². The molecule has 1 heterocycles. The standard InChI is InChI=1S/C28H35N3O4/c1-20-13-27(2,3)19-28(14-20)25(33)31(26(34)30-28)16-24(32)29-15-21-9-11-23(12-10-21)18-35-17-22-7-5-4-6-8-22/h4-12,20H,13-19H2,1-3H3,(H,29,32)(H,30,34). The predicted octanol–water partition coefficient (Wildman–Crippen LogP) is 4.16. The first-order chi connectivity index (χ1) is 16.7. The Labute approximate surface area is 207 Å². The normalized spacial score (nSPS) is 23.4. The summed E-state index contributed by atoms with van der Waals surface area (Å²) < 4.78 is 5.76. The van der Waals surface area contributed by atoms with E-state index in [2.05, 4.69) is 31.4 Å². The van der Waals surface area contributed by atoms with Crippen molar-refractivity contribution in [2.75, 3.05) is 6.54 Å². The lowest BCUT2D eigenvalue weighted by atomic mass is 9.64. The second-order valence-corrected chi connectivity index (χ2v) is 10.8. The first-order valence-corrected chi connectivity index (χ1v) is 12.3. The van der Waals surface area contributed by atoms with Gasteiger partial charge in [-0.1, -0.05) is 75.4 Å². The van der Waals surface area contributed by atoms with Gasteiger partial charge in [0.2, 0.25) is 5.91 Å². The molecule has 2 aromatic carbocycles. The highest BCUT2D eigenvalue weighted by Gasteiger charge is 2.56. The van der Waals surface area contributed by atoms with Crippen molar-refractivity contribution in [3.05, 3.63) is 71.3 Å². The van der Waals surface area contributed by atoms with Crippen molar-refractivity contribution in [2.45, 2.75) is 65.3 Å². The molecule has 186 valence electrons. The molecule has 2 N–H and O–H groups in total. The lowest BCUT2D eigenvalue weighted by Crippen LogP contribution is -2.54. The Morgan fingerprint density at radius 1 is 1.00 bits per heavy atom. The summed E-state index contributed by atoms with van der Waals surface area (Å²) in [6.45, 7) is 7.47. The Kier molecular flexibility index (Phi) is 7.26. The summed E-state index contributed by atoms with van der Waals surface area (Å²) in [5, 5.41) is 5.74. The molecule has 1 saturated heterocycles. The molecule has 2 unspecified atom stereocenters. The highest BCUT2D eigenvalue weighted by atomic mass is 16.5. The van der Waals surface area contributed by atoms with Crippen LogP contribution < -0.4 is 10.6 Å². The molecule has 1 spiro atoms. The van der Waals surface area contributed by atoms with Crippen LogP contribution >= 0.6 is 0 Å². The summed E-state index contributed by atoms with van der Waals surface area (Å²) in [6.07, 6.45) is 2.21. The van der Waals surface area contributed by atoms with Gasteiger partial charge in [-0.25, -0.2) is 4.79 Å². The van der Waals surface area contributed by atoms with Crippen molar-refractivity contribution < 1.29 is 19.1 Å². The van der Waals surface area contributed by atoms with E-state index >= 15 is 0 Å².